The third-order valence-electron chi connectivity index (χ3n) is 7.00. The van der Waals surface area contributed by atoms with Gasteiger partial charge in [-0.3, -0.25) is 4.79 Å². The normalized spacial score (nSPS) is 18.5. The number of benzene rings is 2. The second kappa shape index (κ2) is 11.9. The van der Waals surface area contributed by atoms with E-state index in [0.29, 0.717) is 43.1 Å². The average Bonchev–Trinajstić information content (AvgIpc) is 3.66. The van der Waals surface area contributed by atoms with Gasteiger partial charge in [0.2, 0.25) is 10.0 Å². The van der Waals surface area contributed by atoms with E-state index in [-0.39, 0.29) is 16.6 Å². The van der Waals surface area contributed by atoms with Crippen LogP contribution in [-0.2, 0) is 19.6 Å². The Morgan fingerprint density at radius 3 is 2.62 bits per heavy atom. The maximum absolute atomic E-state index is 13.4. The Bertz CT molecular complexity index is 1500. The zero-order valence-corrected chi connectivity index (χ0v) is 22.4. The molecule has 1 N–H and O–H groups in total. The van der Waals surface area contributed by atoms with E-state index in [1.54, 1.807) is 35.1 Å². The van der Waals surface area contributed by atoms with Gasteiger partial charge < -0.3 is 10.1 Å². The van der Waals surface area contributed by atoms with Gasteiger partial charge in [-0.15, -0.1) is 0 Å². The van der Waals surface area contributed by atoms with E-state index in [4.69, 9.17) is 9.84 Å². The third-order valence-corrected chi connectivity index (χ3v) is 8.90. The van der Waals surface area contributed by atoms with Gasteiger partial charge in [0.15, 0.2) is 0 Å². The lowest BCUT2D eigenvalue weighted by atomic mass is 10.1. The highest BCUT2D eigenvalue weighted by molar-refractivity contribution is 7.89. The van der Waals surface area contributed by atoms with Crippen LogP contribution >= 0.6 is 0 Å². The molecule has 39 heavy (non-hydrogen) atoms. The van der Waals surface area contributed by atoms with Gasteiger partial charge in [-0.05, 0) is 56.0 Å². The third kappa shape index (κ3) is 6.11. The monoisotopic (exact) mass is 545 g/mol. The molecule has 9 nitrogen and oxygen atoms in total. The lowest BCUT2D eigenvalue weighted by molar-refractivity contribution is -0.117. The standard InChI is InChI=1S/C29H31N5O4S/c30-19-23(29(35)31-20-26-12-8-16-38-26)17-24-21-34(25-10-3-1-4-11-25)32-28(24)22-9-7-13-27(18-22)39(36,37)33-14-5-2-6-15-33/h1,3-4,7,9-11,13,17-18,21,26H,2,5-6,8,12,14-16,20H2,(H,31,35)/b23-17-/t26-/m1/s1. The lowest BCUT2D eigenvalue weighted by Gasteiger charge is -2.26. The molecule has 2 aliphatic rings. The molecule has 0 aliphatic carbocycles. The summed E-state index contributed by atoms with van der Waals surface area (Å²) in [6, 6.07) is 18.1. The lowest BCUT2D eigenvalue weighted by Crippen LogP contribution is -2.35. The van der Waals surface area contributed by atoms with Gasteiger partial charge in [-0.25, -0.2) is 13.1 Å². The quantitative estimate of drug-likeness (QED) is 0.339. The molecule has 2 saturated heterocycles. The average molecular weight is 546 g/mol. The highest BCUT2D eigenvalue weighted by Gasteiger charge is 2.27. The van der Waals surface area contributed by atoms with Gasteiger partial charge in [0.25, 0.3) is 5.91 Å². The SMILES string of the molecule is N#C/C(=C/c1cn(-c2ccccc2)nc1-c1cccc(S(=O)(=O)N2CCCCC2)c1)C(=O)NC[C@H]1CCCO1. The first-order chi connectivity index (χ1) is 19.0. The summed E-state index contributed by atoms with van der Waals surface area (Å²) in [5.41, 5.74) is 2.28. The number of amides is 1. The number of sulfonamides is 1. The smallest absolute Gasteiger partial charge is 0.262 e. The van der Waals surface area contributed by atoms with Crippen molar-refractivity contribution in [1.82, 2.24) is 19.4 Å². The van der Waals surface area contributed by atoms with Gasteiger partial charge in [-0.2, -0.15) is 14.7 Å². The summed E-state index contributed by atoms with van der Waals surface area (Å²) in [6.07, 6.45) is 7.74. The van der Waals surface area contributed by atoms with Crippen molar-refractivity contribution in [1.29, 1.82) is 5.26 Å². The van der Waals surface area contributed by atoms with Crippen LogP contribution in [0.25, 0.3) is 23.0 Å². The molecular weight excluding hydrogens is 514 g/mol. The number of rotatable bonds is 8. The molecule has 0 saturated carbocycles. The van der Waals surface area contributed by atoms with Crippen LogP contribution in [0.1, 0.15) is 37.7 Å². The topological polar surface area (TPSA) is 117 Å². The van der Waals surface area contributed by atoms with Crippen molar-refractivity contribution < 1.29 is 17.9 Å². The molecule has 2 fully saturated rings. The van der Waals surface area contributed by atoms with E-state index in [1.165, 1.54) is 10.4 Å². The molecule has 0 spiro atoms. The fraction of sp³-hybridized carbons (Fsp3) is 0.345. The van der Waals surface area contributed by atoms with Gasteiger partial charge in [-0.1, -0.05) is 36.8 Å². The van der Waals surface area contributed by atoms with Crippen molar-refractivity contribution >= 4 is 22.0 Å². The van der Waals surface area contributed by atoms with Crippen molar-refractivity contribution in [2.24, 2.45) is 0 Å². The fourth-order valence-electron chi connectivity index (χ4n) is 4.90. The maximum atomic E-state index is 13.4. The summed E-state index contributed by atoms with van der Waals surface area (Å²) in [4.78, 5) is 13.0. The summed E-state index contributed by atoms with van der Waals surface area (Å²) in [5.74, 6) is -0.493. The number of piperidine rings is 1. The number of carbonyl (C=O) groups excluding carboxylic acids is 1. The number of hydrogen-bond acceptors (Lipinski definition) is 6. The van der Waals surface area contributed by atoms with Crippen LogP contribution < -0.4 is 5.32 Å². The molecule has 5 rings (SSSR count). The molecule has 3 aromatic rings. The molecule has 1 aromatic heterocycles. The molecule has 1 amide bonds. The number of nitrogens with zero attached hydrogens (tertiary/aromatic N) is 4. The van der Waals surface area contributed by atoms with Crippen LogP contribution in [0.15, 0.2) is 71.3 Å². The van der Waals surface area contributed by atoms with E-state index in [1.807, 2.05) is 36.4 Å². The molecule has 2 aromatic carbocycles. The second-order valence-electron chi connectivity index (χ2n) is 9.72. The van der Waals surface area contributed by atoms with Crippen molar-refractivity contribution in [3.8, 4) is 23.0 Å². The molecule has 3 heterocycles. The summed E-state index contributed by atoms with van der Waals surface area (Å²) in [6.45, 7) is 2.03. The number of hydrogen-bond donors (Lipinski definition) is 1. The van der Waals surface area contributed by atoms with Gasteiger partial charge in [0, 0.05) is 43.6 Å². The Labute approximate surface area is 228 Å². The molecule has 2 aliphatic heterocycles. The summed E-state index contributed by atoms with van der Waals surface area (Å²) in [7, 11) is -3.65. The van der Waals surface area contributed by atoms with Crippen molar-refractivity contribution in [3.05, 3.63) is 71.9 Å². The highest BCUT2D eigenvalue weighted by Crippen LogP contribution is 2.29. The van der Waals surface area contributed by atoms with E-state index in [9.17, 15) is 18.5 Å². The Hall–Kier alpha value is -3.78. The maximum Gasteiger partial charge on any atom is 0.262 e. The first-order valence-electron chi connectivity index (χ1n) is 13.2. The van der Waals surface area contributed by atoms with Crippen molar-refractivity contribution in [2.45, 2.75) is 43.1 Å². The largest absolute Gasteiger partial charge is 0.376 e. The van der Waals surface area contributed by atoms with E-state index < -0.39 is 15.9 Å². The van der Waals surface area contributed by atoms with Crippen LogP contribution in [0.3, 0.4) is 0 Å². The number of nitriles is 1. The molecule has 0 radical (unpaired) electrons. The van der Waals surface area contributed by atoms with Crippen LogP contribution in [0.2, 0.25) is 0 Å². The zero-order chi connectivity index (χ0) is 27.2. The zero-order valence-electron chi connectivity index (χ0n) is 21.6. The first-order valence-corrected chi connectivity index (χ1v) is 14.7. The summed E-state index contributed by atoms with van der Waals surface area (Å²) >= 11 is 0. The number of para-hydroxylation sites is 1. The van der Waals surface area contributed by atoms with Crippen LogP contribution in [0.4, 0.5) is 0 Å². The minimum Gasteiger partial charge on any atom is -0.376 e. The minimum atomic E-state index is -3.65. The number of nitrogens with one attached hydrogen (secondary N) is 1. The minimum absolute atomic E-state index is 0.0464. The molecular formula is C29H31N5O4S. The van der Waals surface area contributed by atoms with Crippen molar-refractivity contribution in [3.63, 3.8) is 0 Å². The number of ether oxygens (including phenoxy) is 1. The predicted molar refractivity (Wildman–Crippen MR) is 147 cm³/mol. The Morgan fingerprint density at radius 2 is 1.90 bits per heavy atom. The Balaban J connectivity index is 1.51. The van der Waals surface area contributed by atoms with Crippen LogP contribution in [0, 0.1) is 11.3 Å². The van der Waals surface area contributed by atoms with Gasteiger partial charge >= 0.3 is 0 Å². The van der Waals surface area contributed by atoms with Crippen LogP contribution in [-0.4, -0.2) is 60.8 Å². The summed E-state index contributed by atoms with van der Waals surface area (Å²) < 4.78 is 35.5. The Morgan fingerprint density at radius 1 is 1.10 bits per heavy atom. The predicted octanol–water partition coefficient (Wildman–Crippen LogP) is 3.92. The first kappa shape index (κ1) is 26.8. The van der Waals surface area contributed by atoms with Crippen LogP contribution in [0.5, 0.6) is 0 Å². The second-order valence-corrected chi connectivity index (χ2v) is 11.7. The van der Waals surface area contributed by atoms with E-state index in [0.717, 1.165) is 37.8 Å². The highest BCUT2D eigenvalue weighted by atomic mass is 32.2. The number of carbonyl (C=O) groups is 1. The van der Waals surface area contributed by atoms with E-state index >= 15 is 0 Å². The van der Waals surface area contributed by atoms with Crippen molar-refractivity contribution in [2.75, 3.05) is 26.2 Å². The van der Waals surface area contributed by atoms with Gasteiger partial charge in [0.1, 0.15) is 17.3 Å². The molecule has 0 bridgehead atoms. The molecule has 1 atom stereocenters. The molecule has 0 unspecified atom stereocenters. The number of aromatic nitrogens is 2. The fourth-order valence-corrected chi connectivity index (χ4v) is 6.46. The Kier molecular flexibility index (Phi) is 8.21. The summed E-state index contributed by atoms with van der Waals surface area (Å²) in [5, 5.41) is 17.3. The van der Waals surface area contributed by atoms with Gasteiger partial charge in [0.05, 0.1) is 16.7 Å². The molecule has 202 valence electrons. The van der Waals surface area contributed by atoms with E-state index in [2.05, 4.69) is 5.32 Å². The molecule has 10 heteroatoms.